The number of thiophene rings is 1. The van der Waals surface area contributed by atoms with Crippen molar-refractivity contribution in [3.63, 3.8) is 0 Å². The van der Waals surface area contributed by atoms with E-state index in [2.05, 4.69) is 15.8 Å². The van der Waals surface area contributed by atoms with E-state index in [1.807, 2.05) is 18.4 Å². The number of hydrogen-bond donors (Lipinski definition) is 2. The molecule has 0 aliphatic rings. The highest BCUT2D eigenvalue weighted by Gasteiger charge is 2.14. The molecular formula is C14H12FN3O2S. The van der Waals surface area contributed by atoms with Crippen molar-refractivity contribution in [2.45, 2.75) is 6.92 Å². The molecule has 0 bridgehead atoms. The van der Waals surface area contributed by atoms with Crippen LogP contribution in [0.25, 0.3) is 0 Å². The number of nitrogens with zero attached hydrogens (tertiary/aromatic N) is 1. The van der Waals surface area contributed by atoms with Gasteiger partial charge in [-0.2, -0.15) is 5.10 Å². The van der Waals surface area contributed by atoms with Crippen LogP contribution < -0.4 is 10.7 Å². The maximum atomic E-state index is 13.3. The van der Waals surface area contributed by atoms with Gasteiger partial charge in [0.05, 0.1) is 11.9 Å². The number of aryl methyl sites for hydroxylation is 1. The molecule has 21 heavy (non-hydrogen) atoms. The summed E-state index contributed by atoms with van der Waals surface area (Å²) in [6.45, 7) is 1.91. The summed E-state index contributed by atoms with van der Waals surface area (Å²) in [4.78, 5) is 24.0. The molecule has 0 saturated carbocycles. The van der Waals surface area contributed by atoms with E-state index in [4.69, 9.17) is 0 Å². The van der Waals surface area contributed by atoms with Gasteiger partial charge in [-0.1, -0.05) is 12.1 Å². The lowest BCUT2D eigenvalue weighted by Crippen LogP contribution is -2.32. The molecular weight excluding hydrogens is 293 g/mol. The first-order valence-corrected chi connectivity index (χ1v) is 6.89. The molecule has 0 radical (unpaired) electrons. The second-order valence-electron chi connectivity index (χ2n) is 4.10. The fraction of sp³-hybridized carbons (Fsp3) is 0.0714. The molecule has 2 N–H and O–H groups in total. The highest BCUT2D eigenvalue weighted by atomic mass is 32.1. The summed E-state index contributed by atoms with van der Waals surface area (Å²) >= 11 is 1.46. The number of nitrogens with one attached hydrogen (secondary N) is 2. The van der Waals surface area contributed by atoms with E-state index in [-0.39, 0.29) is 5.69 Å². The lowest BCUT2D eigenvalue weighted by atomic mass is 10.3. The van der Waals surface area contributed by atoms with Crippen LogP contribution in [0.1, 0.15) is 10.4 Å². The molecule has 2 amide bonds. The molecule has 7 heteroatoms. The van der Waals surface area contributed by atoms with Crippen LogP contribution in [-0.2, 0) is 9.59 Å². The predicted molar refractivity (Wildman–Crippen MR) is 79.8 cm³/mol. The van der Waals surface area contributed by atoms with Crippen molar-refractivity contribution in [2.24, 2.45) is 5.10 Å². The van der Waals surface area contributed by atoms with Crippen molar-refractivity contribution >= 4 is 35.1 Å². The highest BCUT2D eigenvalue weighted by molar-refractivity contribution is 7.11. The topological polar surface area (TPSA) is 70.6 Å². The van der Waals surface area contributed by atoms with E-state index < -0.39 is 17.6 Å². The molecule has 0 aliphatic carbocycles. The molecule has 0 aliphatic heterocycles. The molecule has 0 atom stereocenters. The van der Waals surface area contributed by atoms with E-state index in [0.717, 1.165) is 10.4 Å². The molecule has 0 spiro atoms. The fourth-order valence-corrected chi connectivity index (χ4v) is 2.24. The molecule has 0 unspecified atom stereocenters. The summed E-state index contributed by atoms with van der Waals surface area (Å²) in [6, 6.07) is 7.50. The predicted octanol–water partition coefficient (Wildman–Crippen LogP) is 2.28. The van der Waals surface area contributed by atoms with Crippen molar-refractivity contribution in [3.05, 3.63) is 52.0 Å². The van der Waals surface area contributed by atoms with Crippen LogP contribution in [0, 0.1) is 12.7 Å². The SMILES string of the molecule is Cc1ccsc1/C=N/NC(=O)C(=O)Nc1ccccc1F. The van der Waals surface area contributed by atoms with Crippen LogP contribution >= 0.6 is 11.3 Å². The van der Waals surface area contributed by atoms with Crippen molar-refractivity contribution in [2.75, 3.05) is 5.32 Å². The molecule has 0 fully saturated rings. The Bertz CT molecular complexity index is 697. The summed E-state index contributed by atoms with van der Waals surface area (Å²) in [7, 11) is 0. The summed E-state index contributed by atoms with van der Waals surface area (Å²) in [5.41, 5.74) is 3.05. The molecule has 5 nitrogen and oxygen atoms in total. The molecule has 1 aromatic heterocycles. The third-order valence-electron chi connectivity index (χ3n) is 2.58. The van der Waals surface area contributed by atoms with Gasteiger partial charge in [-0.3, -0.25) is 9.59 Å². The van der Waals surface area contributed by atoms with Crippen LogP contribution in [0.15, 0.2) is 40.8 Å². The van der Waals surface area contributed by atoms with E-state index in [1.165, 1.54) is 35.8 Å². The average molecular weight is 305 g/mol. The monoisotopic (exact) mass is 305 g/mol. The Balaban J connectivity index is 1.92. The number of hydrazone groups is 1. The van der Waals surface area contributed by atoms with Crippen LogP contribution in [0.3, 0.4) is 0 Å². The van der Waals surface area contributed by atoms with Gasteiger partial charge >= 0.3 is 11.8 Å². The van der Waals surface area contributed by atoms with E-state index in [0.29, 0.717) is 0 Å². The number of carbonyl (C=O) groups excluding carboxylic acids is 2. The van der Waals surface area contributed by atoms with Crippen molar-refractivity contribution in [1.82, 2.24) is 5.43 Å². The molecule has 1 aromatic carbocycles. The molecule has 2 rings (SSSR count). The van der Waals surface area contributed by atoms with Gasteiger partial charge in [0, 0.05) is 4.88 Å². The molecule has 1 heterocycles. The number of amides is 2. The minimum absolute atomic E-state index is 0.0595. The molecule has 0 saturated heterocycles. The zero-order valence-electron chi connectivity index (χ0n) is 11.1. The van der Waals surface area contributed by atoms with Gasteiger partial charge in [0.1, 0.15) is 5.82 Å². The summed E-state index contributed by atoms with van der Waals surface area (Å²) in [5.74, 6) is -2.57. The van der Waals surface area contributed by atoms with Gasteiger partial charge in [-0.15, -0.1) is 11.3 Å². The Morgan fingerprint density at radius 3 is 2.67 bits per heavy atom. The standard InChI is InChI=1S/C14H12FN3O2S/c1-9-6-7-21-12(9)8-16-18-14(20)13(19)17-11-5-3-2-4-10(11)15/h2-8H,1H3,(H,17,19)(H,18,20)/b16-8+. The van der Waals surface area contributed by atoms with Crippen LogP contribution in [0.2, 0.25) is 0 Å². The number of halogens is 1. The third-order valence-corrected chi connectivity index (χ3v) is 3.53. The Morgan fingerprint density at radius 1 is 1.24 bits per heavy atom. The zero-order chi connectivity index (χ0) is 15.2. The first-order chi connectivity index (χ1) is 10.1. The molecule has 108 valence electrons. The number of rotatable bonds is 3. The van der Waals surface area contributed by atoms with E-state index in [1.54, 1.807) is 6.07 Å². The fourth-order valence-electron chi connectivity index (χ4n) is 1.46. The van der Waals surface area contributed by atoms with Gasteiger partial charge in [0.15, 0.2) is 0 Å². The van der Waals surface area contributed by atoms with Gasteiger partial charge in [0.25, 0.3) is 0 Å². The second-order valence-corrected chi connectivity index (χ2v) is 5.05. The van der Waals surface area contributed by atoms with Gasteiger partial charge < -0.3 is 5.32 Å². The summed E-state index contributed by atoms with van der Waals surface area (Å²) in [5, 5.41) is 7.75. The number of benzene rings is 1. The summed E-state index contributed by atoms with van der Waals surface area (Å²) < 4.78 is 13.3. The maximum Gasteiger partial charge on any atom is 0.329 e. The first kappa shape index (κ1) is 14.9. The maximum absolute atomic E-state index is 13.3. The Morgan fingerprint density at radius 2 is 2.00 bits per heavy atom. The lowest BCUT2D eigenvalue weighted by molar-refractivity contribution is -0.136. The van der Waals surface area contributed by atoms with Gasteiger partial charge in [-0.05, 0) is 36.1 Å². The Hall–Kier alpha value is -2.54. The second kappa shape index (κ2) is 6.76. The normalized spacial score (nSPS) is 10.6. The summed E-state index contributed by atoms with van der Waals surface area (Å²) in [6.07, 6.45) is 1.45. The average Bonchev–Trinajstić information content (AvgIpc) is 2.87. The largest absolute Gasteiger partial charge is 0.329 e. The first-order valence-electron chi connectivity index (χ1n) is 6.01. The highest BCUT2D eigenvalue weighted by Crippen LogP contribution is 2.13. The van der Waals surface area contributed by atoms with E-state index in [9.17, 15) is 14.0 Å². The molecule has 2 aromatic rings. The number of hydrogen-bond acceptors (Lipinski definition) is 4. The Kier molecular flexibility index (Phi) is 4.78. The van der Waals surface area contributed by atoms with Crippen molar-refractivity contribution in [3.8, 4) is 0 Å². The van der Waals surface area contributed by atoms with E-state index >= 15 is 0 Å². The zero-order valence-corrected chi connectivity index (χ0v) is 11.9. The van der Waals surface area contributed by atoms with Gasteiger partial charge in [-0.25, -0.2) is 9.82 Å². The smallest absolute Gasteiger partial charge is 0.315 e. The number of anilines is 1. The van der Waals surface area contributed by atoms with Crippen LogP contribution in [0.4, 0.5) is 10.1 Å². The van der Waals surface area contributed by atoms with Crippen molar-refractivity contribution < 1.29 is 14.0 Å². The van der Waals surface area contributed by atoms with Crippen LogP contribution in [-0.4, -0.2) is 18.0 Å². The third kappa shape index (κ3) is 3.96. The number of para-hydroxylation sites is 1. The Labute approximate surface area is 124 Å². The minimum atomic E-state index is -0.986. The lowest BCUT2D eigenvalue weighted by Gasteiger charge is -2.04. The number of carbonyl (C=O) groups is 2. The van der Waals surface area contributed by atoms with Crippen LogP contribution in [0.5, 0.6) is 0 Å². The minimum Gasteiger partial charge on any atom is -0.315 e. The van der Waals surface area contributed by atoms with Gasteiger partial charge in [0.2, 0.25) is 0 Å². The van der Waals surface area contributed by atoms with Crippen molar-refractivity contribution in [1.29, 1.82) is 0 Å². The quantitative estimate of drug-likeness (QED) is 0.519.